The minimum atomic E-state index is -0.815. The molecule has 0 saturated heterocycles. The molecular weight excluding hydrogens is 218 g/mol. The van der Waals surface area contributed by atoms with Gasteiger partial charge in [-0.15, -0.1) is 0 Å². The highest BCUT2D eigenvalue weighted by Gasteiger charge is 2.15. The highest BCUT2D eigenvalue weighted by Crippen LogP contribution is 2.24. The molecule has 0 fully saturated rings. The zero-order valence-electron chi connectivity index (χ0n) is 10.7. The van der Waals surface area contributed by atoms with Gasteiger partial charge < -0.3 is 9.84 Å². The van der Waals surface area contributed by atoms with Crippen molar-refractivity contribution >= 4 is 5.97 Å². The van der Waals surface area contributed by atoms with E-state index in [1.165, 1.54) is 0 Å². The smallest absolute Gasteiger partial charge is 0.317 e. The molecule has 17 heavy (non-hydrogen) atoms. The molecule has 0 radical (unpaired) electrons. The summed E-state index contributed by atoms with van der Waals surface area (Å²) in [6.45, 7) is 4.00. The first-order chi connectivity index (χ1) is 7.95. The monoisotopic (exact) mass is 237 g/mol. The summed E-state index contributed by atoms with van der Waals surface area (Å²) < 4.78 is 5.20. The van der Waals surface area contributed by atoms with E-state index in [1.807, 2.05) is 32.0 Å². The van der Waals surface area contributed by atoms with E-state index in [9.17, 15) is 4.79 Å². The summed E-state index contributed by atoms with van der Waals surface area (Å²) in [4.78, 5) is 12.4. The maximum atomic E-state index is 10.7. The van der Waals surface area contributed by atoms with Crippen LogP contribution in [0.1, 0.15) is 24.1 Å². The Hall–Kier alpha value is -1.55. The van der Waals surface area contributed by atoms with Crippen LogP contribution in [0.5, 0.6) is 5.75 Å². The Bertz CT molecular complexity index is 404. The van der Waals surface area contributed by atoms with Gasteiger partial charge in [0.1, 0.15) is 5.75 Å². The number of ether oxygens (including phenoxy) is 1. The average Bonchev–Trinajstić information content (AvgIpc) is 2.27. The molecule has 0 saturated carbocycles. The maximum absolute atomic E-state index is 10.7. The molecule has 4 nitrogen and oxygen atoms in total. The second kappa shape index (κ2) is 5.68. The van der Waals surface area contributed by atoms with Crippen LogP contribution in [0, 0.1) is 6.92 Å². The molecule has 1 N–H and O–H groups in total. The van der Waals surface area contributed by atoms with Gasteiger partial charge in [0.05, 0.1) is 13.7 Å². The summed E-state index contributed by atoms with van der Waals surface area (Å²) in [5, 5.41) is 8.75. The van der Waals surface area contributed by atoms with Crippen LogP contribution in [-0.2, 0) is 4.79 Å². The Morgan fingerprint density at radius 3 is 2.65 bits per heavy atom. The summed E-state index contributed by atoms with van der Waals surface area (Å²) in [6.07, 6.45) is 0. The zero-order valence-corrected chi connectivity index (χ0v) is 10.7. The van der Waals surface area contributed by atoms with Gasteiger partial charge in [0, 0.05) is 6.04 Å². The van der Waals surface area contributed by atoms with Gasteiger partial charge in [-0.25, -0.2) is 0 Å². The molecule has 0 bridgehead atoms. The number of aryl methyl sites for hydroxylation is 1. The van der Waals surface area contributed by atoms with Crippen molar-refractivity contribution in [2.45, 2.75) is 19.9 Å². The maximum Gasteiger partial charge on any atom is 0.317 e. The Balaban J connectivity index is 2.85. The van der Waals surface area contributed by atoms with Crippen LogP contribution >= 0.6 is 0 Å². The lowest BCUT2D eigenvalue weighted by Gasteiger charge is -2.23. The summed E-state index contributed by atoms with van der Waals surface area (Å²) >= 11 is 0. The van der Waals surface area contributed by atoms with Crippen LogP contribution in [0.2, 0.25) is 0 Å². The number of nitrogens with zero attached hydrogens (tertiary/aromatic N) is 1. The predicted octanol–water partition coefficient (Wildman–Crippen LogP) is 2.08. The normalized spacial score (nSPS) is 12.5. The highest BCUT2D eigenvalue weighted by atomic mass is 16.5. The Morgan fingerprint density at radius 2 is 2.18 bits per heavy atom. The molecule has 1 atom stereocenters. The highest BCUT2D eigenvalue weighted by molar-refractivity contribution is 5.69. The summed E-state index contributed by atoms with van der Waals surface area (Å²) in [5.74, 6) is 0.0337. The van der Waals surface area contributed by atoms with Crippen LogP contribution in [0.3, 0.4) is 0 Å². The van der Waals surface area contributed by atoms with E-state index in [1.54, 1.807) is 19.1 Å². The van der Waals surface area contributed by atoms with Crippen molar-refractivity contribution < 1.29 is 14.6 Å². The largest absolute Gasteiger partial charge is 0.496 e. The topological polar surface area (TPSA) is 49.8 Å². The number of carboxylic acid groups (broad SMARTS) is 1. The van der Waals surface area contributed by atoms with E-state index in [0.717, 1.165) is 16.9 Å². The molecular formula is C13H19NO3. The quantitative estimate of drug-likeness (QED) is 0.851. The van der Waals surface area contributed by atoms with E-state index in [-0.39, 0.29) is 12.6 Å². The number of rotatable bonds is 5. The fourth-order valence-electron chi connectivity index (χ4n) is 1.77. The van der Waals surface area contributed by atoms with Crippen molar-refractivity contribution in [3.63, 3.8) is 0 Å². The van der Waals surface area contributed by atoms with Gasteiger partial charge in [-0.2, -0.15) is 0 Å². The van der Waals surface area contributed by atoms with Gasteiger partial charge >= 0.3 is 5.97 Å². The molecule has 1 aromatic carbocycles. The third kappa shape index (κ3) is 3.46. The molecule has 0 heterocycles. The summed E-state index contributed by atoms with van der Waals surface area (Å²) in [5.41, 5.74) is 2.15. The van der Waals surface area contributed by atoms with Crippen LogP contribution in [-0.4, -0.2) is 36.7 Å². The SMILES string of the molecule is COc1ccc(C(C)N(C)CC(=O)O)cc1C. The van der Waals surface area contributed by atoms with Crippen molar-refractivity contribution in [3.05, 3.63) is 29.3 Å². The number of benzene rings is 1. The lowest BCUT2D eigenvalue weighted by atomic mass is 10.0. The van der Waals surface area contributed by atoms with Gasteiger partial charge in [0.15, 0.2) is 0 Å². The van der Waals surface area contributed by atoms with Crippen molar-refractivity contribution in [1.82, 2.24) is 4.90 Å². The summed E-state index contributed by atoms with van der Waals surface area (Å²) in [6, 6.07) is 5.97. The average molecular weight is 237 g/mol. The fraction of sp³-hybridized carbons (Fsp3) is 0.462. The minimum Gasteiger partial charge on any atom is -0.496 e. The van der Waals surface area contributed by atoms with E-state index in [4.69, 9.17) is 9.84 Å². The number of hydrogen-bond donors (Lipinski definition) is 1. The third-order valence-corrected chi connectivity index (χ3v) is 2.95. The van der Waals surface area contributed by atoms with Gasteiger partial charge in [-0.1, -0.05) is 12.1 Å². The van der Waals surface area contributed by atoms with Gasteiger partial charge in [-0.05, 0) is 38.1 Å². The Kier molecular flexibility index (Phi) is 4.52. The molecule has 0 aliphatic heterocycles. The number of carbonyl (C=O) groups is 1. The standard InChI is InChI=1S/C13H19NO3/c1-9-7-11(5-6-12(9)17-4)10(2)14(3)8-13(15)16/h5-7,10H,8H2,1-4H3,(H,15,16). The van der Waals surface area contributed by atoms with Crippen molar-refractivity contribution in [3.8, 4) is 5.75 Å². The second-order valence-electron chi connectivity index (χ2n) is 4.21. The van der Waals surface area contributed by atoms with Crippen molar-refractivity contribution in [2.75, 3.05) is 20.7 Å². The first-order valence-corrected chi connectivity index (χ1v) is 5.52. The third-order valence-electron chi connectivity index (χ3n) is 2.95. The predicted molar refractivity (Wildman–Crippen MR) is 66.4 cm³/mol. The molecule has 4 heteroatoms. The second-order valence-corrected chi connectivity index (χ2v) is 4.21. The van der Waals surface area contributed by atoms with Crippen molar-refractivity contribution in [1.29, 1.82) is 0 Å². The van der Waals surface area contributed by atoms with E-state index in [2.05, 4.69) is 0 Å². The zero-order chi connectivity index (χ0) is 13.0. The molecule has 1 unspecified atom stereocenters. The lowest BCUT2D eigenvalue weighted by molar-refractivity contribution is -0.138. The first-order valence-electron chi connectivity index (χ1n) is 5.52. The van der Waals surface area contributed by atoms with E-state index >= 15 is 0 Å². The van der Waals surface area contributed by atoms with Crippen LogP contribution in [0.15, 0.2) is 18.2 Å². The van der Waals surface area contributed by atoms with E-state index < -0.39 is 5.97 Å². The number of likely N-dealkylation sites (N-methyl/N-ethyl adjacent to an activating group) is 1. The molecule has 0 aliphatic carbocycles. The summed E-state index contributed by atoms with van der Waals surface area (Å²) in [7, 11) is 3.44. The van der Waals surface area contributed by atoms with Gasteiger partial charge in [-0.3, -0.25) is 9.69 Å². The Labute approximate surface area is 102 Å². The molecule has 0 amide bonds. The number of hydrogen-bond acceptors (Lipinski definition) is 3. The number of aliphatic carboxylic acids is 1. The number of carboxylic acids is 1. The molecule has 0 spiro atoms. The fourth-order valence-corrected chi connectivity index (χ4v) is 1.77. The minimum absolute atomic E-state index is 0.0340. The van der Waals surface area contributed by atoms with Gasteiger partial charge in [0.25, 0.3) is 0 Å². The molecule has 94 valence electrons. The molecule has 1 aromatic rings. The van der Waals surface area contributed by atoms with Crippen molar-refractivity contribution in [2.24, 2.45) is 0 Å². The first kappa shape index (κ1) is 13.5. The molecule has 0 aliphatic rings. The molecule has 0 aromatic heterocycles. The van der Waals surface area contributed by atoms with Crippen LogP contribution in [0.25, 0.3) is 0 Å². The van der Waals surface area contributed by atoms with Crippen LogP contribution in [0.4, 0.5) is 0 Å². The Morgan fingerprint density at radius 1 is 1.53 bits per heavy atom. The lowest BCUT2D eigenvalue weighted by Crippen LogP contribution is -2.28. The number of methoxy groups -OCH3 is 1. The van der Waals surface area contributed by atoms with E-state index in [0.29, 0.717) is 0 Å². The van der Waals surface area contributed by atoms with Crippen LogP contribution < -0.4 is 4.74 Å². The van der Waals surface area contributed by atoms with Gasteiger partial charge in [0.2, 0.25) is 0 Å². The molecule has 1 rings (SSSR count).